The zero-order valence-corrected chi connectivity index (χ0v) is 14.0. The van der Waals surface area contributed by atoms with Crippen molar-refractivity contribution < 1.29 is 5.11 Å². The minimum Gasteiger partial charge on any atom is -0.387 e. The number of aryl methyl sites for hydroxylation is 2. The van der Waals surface area contributed by atoms with Crippen LogP contribution in [0.4, 0.5) is 0 Å². The molecule has 3 heteroatoms. The molecule has 1 aliphatic heterocycles. The number of hydrogen-bond acceptors (Lipinski definition) is 3. The van der Waals surface area contributed by atoms with Gasteiger partial charge in [0.15, 0.2) is 0 Å². The molecule has 1 fully saturated rings. The molecule has 1 atom stereocenters. The van der Waals surface area contributed by atoms with E-state index in [9.17, 15) is 5.11 Å². The quantitative estimate of drug-likeness (QED) is 0.903. The van der Waals surface area contributed by atoms with Crippen LogP contribution in [0.1, 0.15) is 35.6 Å². The van der Waals surface area contributed by atoms with Crippen molar-refractivity contribution in [3.63, 3.8) is 0 Å². The molecular formula is C18H30N2O. The van der Waals surface area contributed by atoms with Crippen LogP contribution in [0.3, 0.4) is 0 Å². The molecule has 3 nitrogen and oxygen atoms in total. The number of piperidine rings is 1. The van der Waals surface area contributed by atoms with Gasteiger partial charge in [0.25, 0.3) is 0 Å². The summed E-state index contributed by atoms with van der Waals surface area (Å²) < 4.78 is 0. The Labute approximate surface area is 129 Å². The summed E-state index contributed by atoms with van der Waals surface area (Å²) in [6.45, 7) is 8.39. The van der Waals surface area contributed by atoms with Crippen molar-refractivity contribution >= 4 is 0 Å². The monoisotopic (exact) mass is 290 g/mol. The number of benzene rings is 1. The van der Waals surface area contributed by atoms with Gasteiger partial charge in [0, 0.05) is 13.1 Å². The first-order valence-electron chi connectivity index (χ1n) is 8.08. The largest absolute Gasteiger partial charge is 0.387 e. The number of aliphatic hydroxyl groups excluding tert-OH is 1. The van der Waals surface area contributed by atoms with Crippen LogP contribution in [0.25, 0.3) is 0 Å². The third-order valence-corrected chi connectivity index (χ3v) is 4.68. The first kappa shape index (κ1) is 16.5. The fourth-order valence-electron chi connectivity index (χ4n) is 3.19. The van der Waals surface area contributed by atoms with E-state index < -0.39 is 0 Å². The van der Waals surface area contributed by atoms with Crippen LogP contribution in [0.15, 0.2) is 18.2 Å². The second-order valence-electron chi connectivity index (χ2n) is 6.87. The van der Waals surface area contributed by atoms with Crippen LogP contribution in [0, 0.1) is 19.8 Å². The van der Waals surface area contributed by atoms with E-state index in [1.807, 2.05) is 0 Å². The Kier molecular flexibility index (Phi) is 5.80. The molecule has 0 saturated carbocycles. The Morgan fingerprint density at radius 1 is 1.19 bits per heavy atom. The van der Waals surface area contributed by atoms with Gasteiger partial charge in [-0.1, -0.05) is 18.2 Å². The lowest BCUT2D eigenvalue weighted by Gasteiger charge is -2.34. The summed E-state index contributed by atoms with van der Waals surface area (Å²) in [5.41, 5.74) is 3.60. The molecule has 0 amide bonds. The minimum absolute atomic E-state index is 0.366. The topological polar surface area (TPSA) is 26.7 Å². The van der Waals surface area contributed by atoms with Gasteiger partial charge in [-0.05, 0) is 76.5 Å². The van der Waals surface area contributed by atoms with Gasteiger partial charge in [0.1, 0.15) is 0 Å². The zero-order chi connectivity index (χ0) is 15.4. The molecule has 0 spiro atoms. The molecule has 0 bridgehead atoms. The molecule has 0 aromatic heterocycles. The van der Waals surface area contributed by atoms with Crippen molar-refractivity contribution in [1.82, 2.24) is 9.80 Å². The maximum Gasteiger partial charge on any atom is 0.0917 e. The molecule has 0 radical (unpaired) electrons. The van der Waals surface area contributed by atoms with Crippen LogP contribution in [-0.4, -0.2) is 55.2 Å². The summed E-state index contributed by atoms with van der Waals surface area (Å²) in [5, 5.41) is 10.4. The van der Waals surface area contributed by atoms with Gasteiger partial charge >= 0.3 is 0 Å². The van der Waals surface area contributed by atoms with E-state index in [1.54, 1.807) is 0 Å². The van der Waals surface area contributed by atoms with Gasteiger partial charge in [-0.2, -0.15) is 0 Å². The number of nitrogens with zero attached hydrogens (tertiary/aromatic N) is 2. The third-order valence-electron chi connectivity index (χ3n) is 4.68. The molecular weight excluding hydrogens is 260 g/mol. The summed E-state index contributed by atoms with van der Waals surface area (Å²) in [5.74, 6) is 0.815. The smallest absolute Gasteiger partial charge is 0.0917 e. The molecule has 0 aliphatic carbocycles. The summed E-state index contributed by atoms with van der Waals surface area (Å²) in [7, 11) is 4.30. The Bertz CT molecular complexity index is 451. The second kappa shape index (κ2) is 7.39. The predicted octanol–water partition coefficient (Wildman–Crippen LogP) is 2.61. The summed E-state index contributed by atoms with van der Waals surface area (Å²) in [4.78, 5) is 4.69. The van der Waals surface area contributed by atoms with Crippen molar-refractivity contribution in [2.24, 2.45) is 5.92 Å². The van der Waals surface area contributed by atoms with Crippen LogP contribution in [0.2, 0.25) is 0 Å². The van der Waals surface area contributed by atoms with E-state index in [4.69, 9.17) is 0 Å². The maximum atomic E-state index is 10.4. The Morgan fingerprint density at radius 3 is 2.43 bits per heavy atom. The van der Waals surface area contributed by atoms with E-state index in [2.05, 4.69) is 55.9 Å². The van der Waals surface area contributed by atoms with Gasteiger partial charge in [0.2, 0.25) is 0 Å². The average molecular weight is 290 g/mol. The van der Waals surface area contributed by atoms with E-state index in [1.165, 1.54) is 30.5 Å². The molecule has 1 aliphatic rings. The summed E-state index contributed by atoms with van der Waals surface area (Å²) in [6.07, 6.45) is 2.13. The molecule has 1 saturated heterocycles. The van der Waals surface area contributed by atoms with Crippen LogP contribution in [-0.2, 0) is 0 Å². The lowest BCUT2D eigenvalue weighted by molar-refractivity contribution is 0.0846. The predicted molar refractivity (Wildman–Crippen MR) is 88.6 cm³/mol. The van der Waals surface area contributed by atoms with Gasteiger partial charge in [0.05, 0.1) is 6.10 Å². The number of aliphatic hydroxyl groups is 1. The van der Waals surface area contributed by atoms with E-state index >= 15 is 0 Å². The fourth-order valence-corrected chi connectivity index (χ4v) is 3.19. The molecule has 1 aromatic carbocycles. The van der Waals surface area contributed by atoms with Crippen molar-refractivity contribution in [3.8, 4) is 0 Å². The first-order valence-corrected chi connectivity index (χ1v) is 8.08. The van der Waals surface area contributed by atoms with Crippen LogP contribution < -0.4 is 0 Å². The van der Waals surface area contributed by atoms with Gasteiger partial charge in [-0.15, -0.1) is 0 Å². The van der Waals surface area contributed by atoms with Crippen molar-refractivity contribution in [2.45, 2.75) is 32.8 Å². The Balaban J connectivity index is 1.84. The highest BCUT2D eigenvalue weighted by Gasteiger charge is 2.21. The number of rotatable bonds is 5. The molecule has 2 rings (SSSR count). The minimum atomic E-state index is -0.366. The highest BCUT2D eigenvalue weighted by atomic mass is 16.3. The van der Waals surface area contributed by atoms with Gasteiger partial charge < -0.3 is 14.9 Å². The Hall–Kier alpha value is -0.900. The van der Waals surface area contributed by atoms with E-state index in [-0.39, 0.29) is 6.10 Å². The van der Waals surface area contributed by atoms with Crippen molar-refractivity contribution in [3.05, 3.63) is 34.9 Å². The fraction of sp³-hybridized carbons (Fsp3) is 0.667. The number of β-amino-alcohol motifs (C(OH)–C–C–N with tert-alkyl or cyclic N) is 1. The lowest BCUT2D eigenvalue weighted by Crippen LogP contribution is -2.39. The molecule has 1 unspecified atom stereocenters. The molecule has 1 N–H and O–H groups in total. The molecule has 21 heavy (non-hydrogen) atoms. The number of likely N-dealkylation sites (tertiary alicyclic amines) is 1. The first-order chi connectivity index (χ1) is 9.95. The molecule has 118 valence electrons. The highest BCUT2D eigenvalue weighted by Crippen LogP contribution is 2.22. The molecule has 1 heterocycles. The maximum absolute atomic E-state index is 10.4. The third kappa shape index (κ3) is 4.80. The van der Waals surface area contributed by atoms with Gasteiger partial charge in [-0.25, -0.2) is 0 Å². The average Bonchev–Trinajstić information content (AvgIpc) is 2.43. The molecule has 1 aromatic rings. The van der Waals surface area contributed by atoms with Crippen molar-refractivity contribution in [1.29, 1.82) is 0 Å². The van der Waals surface area contributed by atoms with E-state index in [0.29, 0.717) is 0 Å². The zero-order valence-electron chi connectivity index (χ0n) is 14.0. The van der Waals surface area contributed by atoms with Crippen LogP contribution in [0.5, 0.6) is 0 Å². The SMILES string of the molecule is Cc1ccc(C(O)CN2CCC(CN(C)C)CC2)cc1C. The van der Waals surface area contributed by atoms with Gasteiger partial charge in [-0.3, -0.25) is 0 Å². The van der Waals surface area contributed by atoms with Crippen molar-refractivity contribution in [2.75, 3.05) is 40.3 Å². The summed E-state index contributed by atoms with van der Waals surface area (Å²) >= 11 is 0. The second-order valence-corrected chi connectivity index (χ2v) is 6.87. The Morgan fingerprint density at radius 2 is 1.86 bits per heavy atom. The number of hydrogen-bond donors (Lipinski definition) is 1. The summed E-state index contributed by atoms with van der Waals surface area (Å²) in [6, 6.07) is 6.29. The van der Waals surface area contributed by atoms with E-state index in [0.717, 1.165) is 31.1 Å². The highest BCUT2D eigenvalue weighted by molar-refractivity contribution is 5.31. The van der Waals surface area contributed by atoms with Crippen LogP contribution >= 0.6 is 0 Å². The standard InChI is InChI=1S/C18H30N2O/c1-14-5-6-17(11-15(14)2)18(21)13-20-9-7-16(8-10-20)12-19(3)4/h5-6,11,16,18,21H,7-10,12-13H2,1-4H3. The lowest BCUT2D eigenvalue weighted by atomic mass is 9.95. The normalized spacial score (nSPS) is 19.1.